The molecule has 0 saturated carbocycles. The van der Waals surface area contributed by atoms with E-state index < -0.39 is 0 Å². The van der Waals surface area contributed by atoms with E-state index >= 15 is 0 Å². The molecule has 0 N–H and O–H groups in total. The number of hydrogen-bond donors (Lipinski definition) is 0. The van der Waals surface area contributed by atoms with Gasteiger partial charge in [0.1, 0.15) is 11.5 Å². The predicted octanol–water partition coefficient (Wildman–Crippen LogP) is 5.25. The maximum absolute atomic E-state index is 5.87. The third-order valence-corrected chi connectivity index (χ3v) is 2.76. The number of ether oxygens (including phenoxy) is 1. The van der Waals surface area contributed by atoms with Crippen LogP contribution in [0.3, 0.4) is 0 Å². The summed E-state index contributed by atoms with van der Waals surface area (Å²) in [5, 5.41) is 2.39. The van der Waals surface area contributed by atoms with Gasteiger partial charge in [-0.15, -0.1) is 0 Å². The first-order valence-corrected chi connectivity index (χ1v) is 6.49. The second-order valence-corrected chi connectivity index (χ2v) is 4.23. The molecular formula is C18H18O. The van der Waals surface area contributed by atoms with Gasteiger partial charge in [0.05, 0.1) is 0 Å². The SMILES string of the molecule is C=C/C=C(\C=C/CC)Oc1ccc2ccccc2c1. The molecule has 0 bridgehead atoms. The minimum atomic E-state index is 0.798. The van der Waals surface area contributed by atoms with Gasteiger partial charge in [-0.2, -0.15) is 0 Å². The van der Waals surface area contributed by atoms with Gasteiger partial charge in [-0.3, -0.25) is 0 Å². The Morgan fingerprint density at radius 2 is 1.95 bits per heavy atom. The monoisotopic (exact) mass is 250 g/mol. The van der Waals surface area contributed by atoms with Gasteiger partial charge >= 0.3 is 0 Å². The molecule has 0 amide bonds. The van der Waals surface area contributed by atoms with E-state index in [1.807, 2.05) is 36.4 Å². The number of rotatable bonds is 5. The highest BCUT2D eigenvalue weighted by atomic mass is 16.5. The van der Waals surface area contributed by atoms with Crippen LogP contribution in [0.4, 0.5) is 0 Å². The Kier molecular flexibility index (Phi) is 4.57. The van der Waals surface area contributed by atoms with Gasteiger partial charge in [0.25, 0.3) is 0 Å². The van der Waals surface area contributed by atoms with Crippen LogP contribution in [0.1, 0.15) is 13.3 Å². The molecule has 2 aromatic rings. The predicted molar refractivity (Wildman–Crippen MR) is 82.3 cm³/mol. The highest BCUT2D eigenvalue weighted by Gasteiger charge is 1.99. The van der Waals surface area contributed by atoms with E-state index in [9.17, 15) is 0 Å². The summed E-state index contributed by atoms with van der Waals surface area (Å²) in [6.45, 7) is 5.81. The van der Waals surface area contributed by atoms with Crippen molar-refractivity contribution in [3.05, 3.63) is 79.1 Å². The van der Waals surface area contributed by atoms with Crippen molar-refractivity contribution in [2.75, 3.05) is 0 Å². The molecule has 96 valence electrons. The Bertz CT molecular complexity index is 620. The molecule has 0 atom stereocenters. The van der Waals surface area contributed by atoms with Crippen LogP contribution < -0.4 is 4.74 Å². The average Bonchev–Trinajstić information content (AvgIpc) is 2.45. The molecule has 0 radical (unpaired) electrons. The lowest BCUT2D eigenvalue weighted by molar-refractivity contribution is 0.445. The van der Waals surface area contributed by atoms with Gasteiger partial charge in [0.2, 0.25) is 0 Å². The number of allylic oxidation sites excluding steroid dienone is 4. The third kappa shape index (κ3) is 3.59. The summed E-state index contributed by atoms with van der Waals surface area (Å²) in [4.78, 5) is 0. The molecule has 2 rings (SSSR count). The van der Waals surface area contributed by atoms with Crippen molar-refractivity contribution in [2.24, 2.45) is 0 Å². The fourth-order valence-electron chi connectivity index (χ4n) is 1.84. The van der Waals surface area contributed by atoms with Crippen molar-refractivity contribution in [3.63, 3.8) is 0 Å². The van der Waals surface area contributed by atoms with Gasteiger partial charge < -0.3 is 4.74 Å². The molecule has 0 aliphatic rings. The fraction of sp³-hybridized carbons (Fsp3) is 0.111. The van der Waals surface area contributed by atoms with Crippen LogP contribution in [-0.2, 0) is 0 Å². The molecule has 0 spiro atoms. The van der Waals surface area contributed by atoms with E-state index in [2.05, 4.69) is 37.8 Å². The van der Waals surface area contributed by atoms with Gasteiger partial charge in [0, 0.05) is 0 Å². The van der Waals surface area contributed by atoms with Crippen LogP contribution in [-0.4, -0.2) is 0 Å². The van der Waals surface area contributed by atoms with Crippen molar-refractivity contribution in [2.45, 2.75) is 13.3 Å². The minimum absolute atomic E-state index is 0.798. The highest BCUT2D eigenvalue weighted by molar-refractivity contribution is 5.83. The molecule has 0 aliphatic carbocycles. The molecule has 0 fully saturated rings. The van der Waals surface area contributed by atoms with Crippen LogP contribution in [0, 0.1) is 0 Å². The fourth-order valence-corrected chi connectivity index (χ4v) is 1.84. The van der Waals surface area contributed by atoms with E-state index in [0.717, 1.165) is 17.9 Å². The van der Waals surface area contributed by atoms with Gasteiger partial charge in [-0.05, 0) is 41.5 Å². The lowest BCUT2D eigenvalue weighted by Crippen LogP contribution is -1.91. The molecule has 19 heavy (non-hydrogen) atoms. The second kappa shape index (κ2) is 6.60. The normalized spacial score (nSPS) is 11.9. The first kappa shape index (κ1) is 13.2. The van der Waals surface area contributed by atoms with Crippen LogP contribution in [0.2, 0.25) is 0 Å². The lowest BCUT2D eigenvalue weighted by Gasteiger charge is -2.07. The van der Waals surface area contributed by atoms with Crippen molar-refractivity contribution in [3.8, 4) is 5.75 Å². The van der Waals surface area contributed by atoms with E-state index in [1.54, 1.807) is 6.08 Å². The van der Waals surface area contributed by atoms with Crippen molar-refractivity contribution in [1.29, 1.82) is 0 Å². The van der Waals surface area contributed by atoms with Crippen LogP contribution in [0.5, 0.6) is 5.75 Å². The molecule has 0 heterocycles. The zero-order valence-corrected chi connectivity index (χ0v) is 11.2. The Morgan fingerprint density at radius 1 is 1.16 bits per heavy atom. The first-order chi connectivity index (χ1) is 9.33. The maximum Gasteiger partial charge on any atom is 0.128 e. The lowest BCUT2D eigenvalue weighted by atomic mass is 10.1. The quantitative estimate of drug-likeness (QED) is 0.520. The van der Waals surface area contributed by atoms with Crippen LogP contribution in [0.15, 0.2) is 79.1 Å². The highest BCUT2D eigenvalue weighted by Crippen LogP contribution is 2.22. The molecule has 0 aromatic heterocycles. The molecule has 2 aromatic carbocycles. The molecular weight excluding hydrogens is 232 g/mol. The Morgan fingerprint density at radius 3 is 2.68 bits per heavy atom. The smallest absolute Gasteiger partial charge is 0.128 e. The van der Waals surface area contributed by atoms with Crippen molar-refractivity contribution in [1.82, 2.24) is 0 Å². The van der Waals surface area contributed by atoms with E-state index in [4.69, 9.17) is 4.74 Å². The Balaban J connectivity index is 2.26. The van der Waals surface area contributed by atoms with Gasteiger partial charge in [-0.25, -0.2) is 0 Å². The molecule has 0 saturated heterocycles. The van der Waals surface area contributed by atoms with E-state index in [1.165, 1.54) is 10.8 Å². The zero-order valence-electron chi connectivity index (χ0n) is 11.2. The third-order valence-electron chi connectivity index (χ3n) is 2.76. The van der Waals surface area contributed by atoms with E-state index in [-0.39, 0.29) is 0 Å². The summed E-state index contributed by atoms with van der Waals surface area (Å²) in [7, 11) is 0. The van der Waals surface area contributed by atoms with Crippen LogP contribution >= 0.6 is 0 Å². The summed E-state index contributed by atoms with van der Waals surface area (Å²) in [6, 6.07) is 14.3. The zero-order chi connectivity index (χ0) is 13.5. The second-order valence-electron chi connectivity index (χ2n) is 4.23. The molecule has 0 aliphatic heterocycles. The van der Waals surface area contributed by atoms with E-state index in [0.29, 0.717) is 0 Å². The average molecular weight is 250 g/mol. The van der Waals surface area contributed by atoms with Crippen molar-refractivity contribution < 1.29 is 4.74 Å². The molecule has 1 heteroatoms. The number of fused-ring (bicyclic) bond motifs is 1. The van der Waals surface area contributed by atoms with Crippen LogP contribution in [0.25, 0.3) is 10.8 Å². The van der Waals surface area contributed by atoms with Crippen molar-refractivity contribution >= 4 is 10.8 Å². The first-order valence-electron chi connectivity index (χ1n) is 6.49. The van der Waals surface area contributed by atoms with Gasteiger partial charge in [-0.1, -0.05) is 56.0 Å². The number of benzene rings is 2. The summed E-state index contributed by atoms with van der Waals surface area (Å²) in [5.74, 6) is 1.64. The summed E-state index contributed by atoms with van der Waals surface area (Å²) in [6.07, 6.45) is 8.61. The maximum atomic E-state index is 5.87. The Hall–Kier alpha value is -2.28. The summed E-state index contributed by atoms with van der Waals surface area (Å²) < 4.78 is 5.87. The van der Waals surface area contributed by atoms with Gasteiger partial charge in [0.15, 0.2) is 0 Å². The topological polar surface area (TPSA) is 9.23 Å². The largest absolute Gasteiger partial charge is 0.457 e. The molecule has 1 nitrogen and oxygen atoms in total. The minimum Gasteiger partial charge on any atom is -0.457 e. The number of hydrogen-bond acceptors (Lipinski definition) is 1. The standard InChI is InChI=1S/C18H18O/c1-3-5-11-17(8-4-2)19-18-13-12-15-9-6-7-10-16(15)14-18/h4-14H,2-3H2,1H3/b11-5-,17-8+. The Labute approximate surface area is 114 Å². The summed E-state index contributed by atoms with van der Waals surface area (Å²) in [5.41, 5.74) is 0. The summed E-state index contributed by atoms with van der Waals surface area (Å²) >= 11 is 0. The molecule has 0 unspecified atom stereocenters.